The average molecular weight is 271 g/mol. The number of nitrogens with two attached hydrogens (primary N) is 1. The topological polar surface area (TPSA) is 87.7 Å². The number of carbonyl (C=O) groups is 1. The number of anilines is 1. The predicted octanol–water partition coefficient (Wildman–Crippen LogP) is 1.61. The molecule has 0 radical (unpaired) electrons. The molecule has 0 spiro atoms. The van der Waals surface area contributed by atoms with E-state index in [1.807, 2.05) is 6.26 Å². The molecular formula is C11H14FN3O2S. The molecule has 98 valence electrons. The molecule has 7 heteroatoms. The lowest BCUT2D eigenvalue weighted by Gasteiger charge is -2.07. The lowest BCUT2D eigenvalue weighted by atomic mass is 10.1. The zero-order valence-corrected chi connectivity index (χ0v) is 10.6. The summed E-state index contributed by atoms with van der Waals surface area (Å²) in [6.45, 7) is 0. The van der Waals surface area contributed by atoms with E-state index in [4.69, 9.17) is 10.9 Å². The number of thioether (sulfide) groups is 1. The summed E-state index contributed by atoms with van der Waals surface area (Å²) in [5.41, 5.74) is 5.67. The predicted molar refractivity (Wildman–Crippen MR) is 70.5 cm³/mol. The van der Waals surface area contributed by atoms with Crippen molar-refractivity contribution in [1.29, 1.82) is 0 Å². The van der Waals surface area contributed by atoms with E-state index in [0.717, 1.165) is 6.07 Å². The van der Waals surface area contributed by atoms with Crippen LogP contribution in [0.3, 0.4) is 0 Å². The second-order valence-electron chi connectivity index (χ2n) is 3.47. The van der Waals surface area contributed by atoms with Gasteiger partial charge in [0.1, 0.15) is 5.82 Å². The van der Waals surface area contributed by atoms with Crippen LogP contribution >= 0.6 is 11.8 Å². The van der Waals surface area contributed by atoms with Crippen molar-refractivity contribution in [3.8, 4) is 0 Å². The van der Waals surface area contributed by atoms with Gasteiger partial charge < -0.3 is 16.3 Å². The van der Waals surface area contributed by atoms with Crippen molar-refractivity contribution in [2.75, 3.05) is 17.3 Å². The summed E-state index contributed by atoms with van der Waals surface area (Å²) in [6.07, 6.45) is 2.28. The average Bonchev–Trinajstić information content (AvgIpc) is 2.37. The summed E-state index contributed by atoms with van der Waals surface area (Å²) in [7, 11) is 0. The number of oxime groups is 1. The van der Waals surface area contributed by atoms with Crippen molar-refractivity contribution < 1.29 is 14.4 Å². The van der Waals surface area contributed by atoms with Crippen LogP contribution in [0.2, 0.25) is 0 Å². The minimum absolute atomic E-state index is 0.0554. The van der Waals surface area contributed by atoms with Crippen LogP contribution in [0.5, 0.6) is 0 Å². The number of amidine groups is 1. The first kappa shape index (κ1) is 14.3. The number of halogens is 1. The monoisotopic (exact) mass is 271 g/mol. The molecule has 0 bridgehead atoms. The highest BCUT2D eigenvalue weighted by Crippen LogP contribution is 2.15. The Balaban J connectivity index is 2.82. The number of hydrogen-bond acceptors (Lipinski definition) is 4. The lowest BCUT2D eigenvalue weighted by Crippen LogP contribution is -2.17. The van der Waals surface area contributed by atoms with Gasteiger partial charge in [-0.3, -0.25) is 4.79 Å². The van der Waals surface area contributed by atoms with Gasteiger partial charge in [-0.2, -0.15) is 11.8 Å². The van der Waals surface area contributed by atoms with Crippen molar-refractivity contribution in [2.24, 2.45) is 10.9 Å². The number of nitrogens with one attached hydrogen (secondary N) is 1. The molecule has 0 atom stereocenters. The Morgan fingerprint density at radius 2 is 2.33 bits per heavy atom. The summed E-state index contributed by atoms with van der Waals surface area (Å²) in [5.74, 6) is -0.415. The Morgan fingerprint density at radius 3 is 2.94 bits per heavy atom. The quantitative estimate of drug-likeness (QED) is 0.328. The van der Waals surface area contributed by atoms with Gasteiger partial charge in [0.25, 0.3) is 0 Å². The SMILES string of the molecule is CSCCC(=O)Nc1ccc(F)c(C(N)=NO)c1. The molecule has 0 heterocycles. The minimum atomic E-state index is -0.618. The van der Waals surface area contributed by atoms with Gasteiger partial charge in [-0.1, -0.05) is 5.16 Å². The molecule has 4 N–H and O–H groups in total. The third-order valence-electron chi connectivity index (χ3n) is 2.17. The highest BCUT2D eigenvalue weighted by Gasteiger charge is 2.09. The second kappa shape index (κ2) is 6.85. The van der Waals surface area contributed by atoms with Crippen LogP contribution in [0.25, 0.3) is 0 Å². The van der Waals surface area contributed by atoms with Gasteiger partial charge in [-0.05, 0) is 24.5 Å². The molecule has 0 fully saturated rings. The number of nitrogens with zero attached hydrogens (tertiary/aromatic N) is 1. The molecule has 18 heavy (non-hydrogen) atoms. The van der Waals surface area contributed by atoms with E-state index in [9.17, 15) is 9.18 Å². The molecule has 1 aromatic carbocycles. The zero-order valence-electron chi connectivity index (χ0n) is 9.81. The number of carbonyl (C=O) groups excluding carboxylic acids is 1. The number of rotatable bonds is 5. The van der Waals surface area contributed by atoms with E-state index in [0.29, 0.717) is 17.9 Å². The lowest BCUT2D eigenvalue weighted by molar-refractivity contribution is -0.115. The van der Waals surface area contributed by atoms with Crippen LogP contribution in [0, 0.1) is 5.82 Å². The minimum Gasteiger partial charge on any atom is -0.409 e. The molecule has 1 rings (SSSR count). The van der Waals surface area contributed by atoms with Crippen molar-refractivity contribution in [3.63, 3.8) is 0 Å². The largest absolute Gasteiger partial charge is 0.409 e. The van der Waals surface area contributed by atoms with Crippen molar-refractivity contribution in [1.82, 2.24) is 0 Å². The van der Waals surface area contributed by atoms with E-state index < -0.39 is 5.82 Å². The van der Waals surface area contributed by atoms with Gasteiger partial charge in [0, 0.05) is 17.9 Å². The Bertz CT molecular complexity index is 466. The molecule has 0 unspecified atom stereocenters. The maximum atomic E-state index is 13.4. The molecule has 0 saturated carbocycles. The third-order valence-corrected chi connectivity index (χ3v) is 2.78. The first-order valence-electron chi connectivity index (χ1n) is 5.14. The maximum absolute atomic E-state index is 13.4. The normalized spacial score (nSPS) is 11.3. The second-order valence-corrected chi connectivity index (χ2v) is 4.46. The first-order valence-corrected chi connectivity index (χ1v) is 6.54. The molecule has 0 aliphatic carbocycles. The fourth-order valence-electron chi connectivity index (χ4n) is 1.27. The van der Waals surface area contributed by atoms with Gasteiger partial charge >= 0.3 is 0 Å². The first-order chi connectivity index (χ1) is 8.58. The molecule has 0 aliphatic heterocycles. The van der Waals surface area contributed by atoms with Crippen molar-refractivity contribution in [3.05, 3.63) is 29.6 Å². The highest BCUT2D eigenvalue weighted by atomic mass is 32.2. The maximum Gasteiger partial charge on any atom is 0.225 e. The zero-order chi connectivity index (χ0) is 13.5. The molecule has 0 aromatic heterocycles. The van der Waals surface area contributed by atoms with E-state index in [-0.39, 0.29) is 17.3 Å². The van der Waals surface area contributed by atoms with Gasteiger partial charge in [-0.15, -0.1) is 0 Å². The van der Waals surface area contributed by atoms with Crippen LogP contribution in [0.1, 0.15) is 12.0 Å². The number of benzene rings is 1. The Labute approximate surface area is 108 Å². The van der Waals surface area contributed by atoms with E-state index in [2.05, 4.69) is 10.5 Å². The van der Waals surface area contributed by atoms with Crippen LogP contribution in [-0.2, 0) is 4.79 Å². The summed E-state index contributed by atoms with van der Waals surface area (Å²) in [4.78, 5) is 11.5. The van der Waals surface area contributed by atoms with Crippen LogP contribution in [0.15, 0.2) is 23.4 Å². The van der Waals surface area contributed by atoms with E-state index in [1.165, 1.54) is 12.1 Å². The van der Waals surface area contributed by atoms with Gasteiger partial charge in [0.2, 0.25) is 5.91 Å². The van der Waals surface area contributed by atoms with Gasteiger partial charge in [-0.25, -0.2) is 4.39 Å². The molecular weight excluding hydrogens is 257 g/mol. The van der Waals surface area contributed by atoms with Crippen LogP contribution < -0.4 is 11.1 Å². The van der Waals surface area contributed by atoms with Crippen molar-refractivity contribution in [2.45, 2.75) is 6.42 Å². The fraction of sp³-hybridized carbons (Fsp3) is 0.273. The highest BCUT2D eigenvalue weighted by molar-refractivity contribution is 7.98. The van der Waals surface area contributed by atoms with E-state index in [1.54, 1.807) is 11.8 Å². The van der Waals surface area contributed by atoms with Crippen LogP contribution in [-0.4, -0.2) is 29.0 Å². The van der Waals surface area contributed by atoms with Crippen molar-refractivity contribution >= 4 is 29.2 Å². The third kappa shape index (κ3) is 3.92. The summed E-state index contributed by atoms with van der Waals surface area (Å²) in [6, 6.07) is 3.89. The number of hydrogen-bond donors (Lipinski definition) is 3. The molecule has 0 saturated heterocycles. The standard InChI is InChI=1S/C11H14FN3O2S/c1-18-5-4-10(16)14-7-2-3-9(12)8(6-7)11(13)15-17/h2-3,6,17H,4-5H2,1H3,(H2,13,15)(H,14,16). The molecule has 0 aliphatic rings. The Morgan fingerprint density at radius 1 is 1.61 bits per heavy atom. The Kier molecular flexibility index (Phi) is 5.44. The molecule has 5 nitrogen and oxygen atoms in total. The summed E-state index contributed by atoms with van der Waals surface area (Å²) >= 11 is 1.56. The fourth-order valence-corrected chi connectivity index (χ4v) is 1.66. The van der Waals surface area contributed by atoms with E-state index >= 15 is 0 Å². The van der Waals surface area contributed by atoms with Crippen LogP contribution in [0.4, 0.5) is 10.1 Å². The number of amides is 1. The van der Waals surface area contributed by atoms with Gasteiger partial charge in [0.15, 0.2) is 5.84 Å². The summed E-state index contributed by atoms with van der Waals surface area (Å²) in [5, 5.41) is 13.8. The summed E-state index contributed by atoms with van der Waals surface area (Å²) < 4.78 is 13.4. The molecule has 1 aromatic rings. The smallest absolute Gasteiger partial charge is 0.225 e. The Hall–Kier alpha value is -1.76. The molecule has 1 amide bonds. The van der Waals surface area contributed by atoms with Gasteiger partial charge in [0.05, 0.1) is 5.56 Å².